The van der Waals surface area contributed by atoms with Gasteiger partial charge in [-0.3, -0.25) is 19.6 Å². The minimum Gasteiger partial charge on any atom is -0.295 e. The molecule has 0 aromatic rings. The van der Waals surface area contributed by atoms with E-state index >= 15 is 0 Å². The summed E-state index contributed by atoms with van der Waals surface area (Å²) < 4.78 is 0. The smallest absolute Gasteiger partial charge is 0.156 e. The standard InChI is InChI=1S/C90H149BN4/c1-89(2,3)64-47-61-33-34-62-48-65(90(4,5)6)52-75-74(50-63(49-64)86(61)87(62)75)60-39-45-76-82(51-60)92(66-40-35-58(36-41-66)56-21-9-7-10-22-56)84-54-69(95-80-31-19-15-27-72(80)73-28-16-20-32-81(73)95)55-85-88(84)91(76)77-46-44-68(94-78-29-17-13-25-70(78)71-26-14-18-30-79(71)94)53-83(77)93(85)67-42-37-59(38-43-67)57-23-11-8-12-24-57/h56-88H,7-55H2,1-6H3. The molecule has 19 fully saturated rings. The summed E-state index contributed by atoms with van der Waals surface area (Å²) in [7, 11) is 0. The summed E-state index contributed by atoms with van der Waals surface area (Å²) in [5.41, 5.74) is 0.900. The lowest BCUT2D eigenvalue weighted by Crippen LogP contribution is -2.76. The van der Waals surface area contributed by atoms with Crippen LogP contribution in [0.5, 0.6) is 0 Å². The van der Waals surface area contributed by atoms with Gasteiger partial charge in [0, 0.05) is 72.5 Å². The summed E-state index contributed by atoms with van der Waals surface area (Å²) in [4.78, 5) is 14.7. The predicted molar refractivity (Wildman–Crippen MR) is 398 cm³/mol. The van der Waals surface area contributed by atoms with Crippen molar-refractivity contribution in [2.45, 2.75) is 446 Å². The molecule has 27 unspecified atom stereocenters. The summed E-state index contributed by atoms with van der Waals surface area (Å²) in [6.45, 7) is 17.1. The molecule has 4 saturated heterocycles. The first kappa shape index (κ1) is 65.7. The molecule has 95 heavy (non-hydrogen) atoms. The Balaban J connectivity index is 0.730. The van der Waals surface area contributed by atoms with E-state index in [0.717, 1.165) is 203 Å². The van der Waals surface area contributed by atoms with Crippen molar-refractivity contribution >= 4 is 6.71 Å². The van der Waals surface area contributed by atoms with Gasteiger partial charge in [-0.25, -0.2) is 0 Å². The molecule has 532 valence electrons. The zero-order valence-corrected chi connectivity index (χ0v) is 63.1. The molecular formula is C90H149BN4. The topological polar surface area (TPSA) is 13.0 Å². The molecule has 5 heteroatoms. The Morgan fingerprint density at radius 1 is 0.221 bits per heavy atom. The maximum Gasteiger partial charge on any atom is 0.156 e. The number of rotatable bonds is 7. The second-order valence-electron chi connectivity index (χ2n) is 43.3. The second kappa shape index (κ2) is 26.5. The van der Waals surface area contributed by atoms with Gasteiger partial charge in [-0.15, -0.1) is 0 Å². The molecule has 15 aliphatic carbocycles. The largest absolute Gasteiger partial charge is 0.295 e. The average Bonchev–Trinajstić information content (AvgIpc) is 0.795. The van der Waals surface area contributed by atoms with E-state index < -0.39 is 0 Å². The van der Waals surface area contributed by atoms with E-state index in [4.69, 9.17) is 0 Å². The Hall–Kier alpha value is -0.0951. The predicted octanol–water partition coefficient (Wildman–Crippen LogP) is 22.8. The van der Waals surface area contributed by atoms with E-state index in [0.29, 0.717) is 10.8 Å². The molecule has 0 amide bonds. The van der Waals surface area contributed by atoms with Crippen molar-refractivity contribution in [2.75, 3.05) is 0 Å². The van der Waals surface area contributed by atoms with Gasteiger partial charge in [0.15, 0.2) is 6.71 Å². The molecule has 0 spiro atoms. The molecule has 4 heterocycles. The fraction of sp³-hybridized carbons (Fsp3) is 1.00. The summed E-state index contributed by atoms with van der Waals surface area (Å²) in [6, 6.07) is 10.4. The van der Waals surface area contributed by atoms with Gasteiger partial charge in [0.05, 0.1) is 0 Å². The van der Waals surface area contributed by atoms with Crippen LogP contribution in [0.2, 0.25) is 17.5 Å². The number of nitrogens with zero attached hydrogens (tertiary/aromatic N) is 4. The zero-order chi connectivity index (χ0) is 63.6. The molecule has 4 aliphatic heterocycles. The quantitative estimate of drug-likeness (QED) is 0.236. The number of hydrogen-bond acceptors (Lipinski definition) is 4. The van der Waals surface area contributed by atoms with E-state index in [2.05, 4.69) is 61.1 Å². The minimum atomic E-state index is 0.444. The first-order valence-corrected chi connectivity index (χ1v) is 45.5. The number of hydrogen-bond donors (Lipinski definition) is 0. The highest BCUT2D eigenvalue weighted by atomic mass is 15.3. The highest BCUT2D eigenvalue weighted by molar-refractivity contribution is 6.65. The molecule has 19 rings (SSSR count). The first-order chi connectivity index (χ1) is 46.4. The molecule has 27 atom stereocenters. The van der Waals surface area contributed by atoms with Gasteiger partial charge >= 0.3 is 0 Å². The Morgan fingerprint density at radius 2 is 0.579 bits per heavy atom. The molecule has 0 radical (unpaired) electrons. The lowest BCUT2D eigenvalue weighted by atomic mass is 9.18. The summed E-state index contributed by atoms with van der Waals surface area (Å²) in [5.74, 6) is 21.2. The van der Waals surface area contributed by atoms with Crippen LogP contribution in [0.3, 0.4) is 0 Å². The zero-order valence-electron chi connectivity index (χ0n) is 63.1. The molecule has 0 N–H and O–H groups in total. The van der Waals surface area contributed by atoms with Crippen LogP contribution in [0, 0.1) is 117 Å². The van der Waals surface area contributed by atoms with Crippen LogP contribution in [0.15, 0.2) is 0 Å². The van der Waals surface area contributed by atoms with Crippen molar-refractivity contribution < 1.29 is 0 Å². The molecular weight excluding hydrogens is 1150 g/mol. The summed E-state index contributed by atoms with van der Waals surface area (Å²) in [6.07, 6.45) is 77.0. The Morgan fingerprint density at radius 3 is 1.07 bits per heavy atom. The van der Waals surface area contributed by atoms with Crippen LogP contribution >= 0.6 is 0 Å². The molecule has 19 aliphatic rings. The highest BCUT2D eigenvalue weighted by Crippen LogP contribution is 2.70. The maximum absolute atomic E-state index is 3.81. The second-order valence-corrected chi connectivity index (χ2v) is 43.3. The number of likely N-dealkylation sites (tertiary alicyclic amines) is 2. The van der Waals surface area contributed by atoms with Crippen LogP contribution in [-0.2, 0) is 0 Å². The van der Waals surface area contributed by atoms with Crippen LogP contribution in [0.1, 0.15) is 356 Å². The lowest BCUT2D eigenvalue weighted by Gasteiger charge is -2.71. The normalized spacial score (nSPS) is 52.6. The molecule has 0 aromatic heterocycles. The molecule has 15 saturated carbocycles. The van der Waals surface area contributed by atoms with Crippen LogP contribution in [0.4, 0.5) is 0 Å². The van der Waals surface area contributed by atoms with Gasteiger partial charge in [-0.1, -0.05) is 176 Å². The highest BCUT2D eigenvalue weighted by Gasteiger charge is 2.69. The SMILES string of the molecule is CC(C)(C)C1CC2CCC3CC(C(C)(C)C)CC4C(C5CCC6B7C8CCC(N9C%10CCCCC%10C%10CCCCC%109)CC8N(C8CCC(C9CCCCC9)CC8)C8CC(N9C%10CCCCC%10C%10CCCCC%109)CC(C78)N(C7CCC(C8CCCCC8)CC7)C6C5)CC(C1)C2C34. The van der Waals surface area contributed by atoms with Gasteiger partial charge < -0.3 is 0 Å². The summed E-state index contributed by atoms with van der Waals surface area (Å²) >= 11 is 0. The van der Waals surface area contributed by atoms with Crippen molar-refractivity contribution in [3.8, 4) is 0 Å². The molecule has 0 aromatic carbocycles. The van der Waals surface area contributed by atoms with E-state index in [9.17, 15) is 0 Å². The Kier molecular flexibility index (Phi) is 18.3. The molecule has 4 nitrogen and oxygen atoms in total. The van der Waals surface area contributed by atoms with Crippen molar-refractivity contribution in [1.82, 2.24) is 19.6 Å². The van der Waals surface area contributed by atoms with Crippen LogP contribution in [0.25, 0.3) is 0 Å². The third-order valence-corrected chi connectivity index (χ3v) is 38.2. The van der Waals surface area contributed by atoms with Crippen molar-refractivity contribution in [3.63, 3.8) is 0 Å². The minimum absolute atomic E-state index is 0.444. The average molecular weight is 1300 g/mol. The van der Waals surface area contributed by atoms with Gasteiger partial charge in [0.25, 0.3) is 0 Å². The lowest BCUT2D eigenvalue weighted by molar-refractivity contribution is -0.155. The fourth-order valence-electron chi connectivity index (χ4n) is 34.7. The van der Waals surface area contributed by atoms with Crippen LogP contribution < -0.4 is 0 Å². The van der Waals surface area contributed by atoms with Gasteiger partial charge in [-0.2, -0.15) is 0 Å². The molecule has 0 bridgehead atoms. The van der Waals surface area contributed by atoms with E-state index in [1.165, 1.54) is 64.2 Å². The Bertz CT molecular complexity index is 2550. The van der Waals surface area contributed by atoms with Gasteiger partial charge in [0.2, 0.25) is 0 Å². The van der Waals surface area contributed by atoms with Crippen molar-refractivity contribution in [1.29, 1.82) is 0 Å². The number of fused-ring (bicyclic) bond motifs is 10. The first-order valence-electron chi connectivity index (χ1n) is 45.5. The van der Waals surface area contributed by atoms with Crippen LogP contribution in [-0.4, -0.2) is 98.8 Å². The third kappa shape index (κ3) is 11.5. The van der Waals surface area contributed by atoms with Gasteiger partial charge in [0.1, 0.15) is 0 Å². The van der Waals surface area contributed by atoms with Crippen molar-refractivity contribution in [2.24, 2.45) is 117 Å². The monoisotopic (exact) mass is 1300 g/mol. The van der Waals surface area contributed by atoms with E-state index in [1.54, 1.807) is 250 Å². The van der Waals surface area contributed by atoms with E-state index in [1.807, 2.05) is 0 Å². The third-order valence-electron chi connectivity index (χ3n) is 38.2. The maximum atomic E-state index is 3.81. The fourth-order valence-corrected chi connectivity index (χ4v) is 34.7. The summed E-state index contributed by atoms with van der Waals surface area (Å²) in [5, 5.41) is 0. The van der Waals surface area contributed by atoms with Crippen molar-refractivity contribution in [3.05, 3.63) is 0 Å². The Labute approximate surface area is 586 Å². The van der Waals surface area contributed by atoms with Gasteiger partial charge in [-0.05, 0) is 315 Å². The van der Waals surface area contributed by atoms with E-state index in [-0.39, 0.29) is 0 Å².